The van der Waals surface area contributed by atoms with E-state index >= 15 is 0 Å². The first-order valence-electron chi connectivity index (χ1n) is 9.16. The minimum atomic E-state index is -1.58. The molecule has 30 heavy (non-hydrogen) atoms. The molecule has 0 aliphatic rings. The lowest BCUT2D eigenvalue weighted by Gasteiger charge is -2.24. The number of primary amides is 1. The largest absolute Gasteiger partial charge is 0.480 e. The Morgan fingerprint density at radius 3 is 1.77 bits per heavy atom. The molecule has 4 atom stereocenters. The van der Waals surface area contributed by atoms with Crippen molar-refractivity contribution in [2.75, 3.05) is 19.8 Å². The van der Waals surface area contributed by atoms with Crippen molar-refractivity contribution in [3.8, 4) is 0 Å². The average molecular weight is 434 g/mol. The molecule has 14 heteroatoms. The smallest absolute Gasteiger partial charge is 0.328 e. The van der Waals surface area contributed by atoms with Crippen LogP contribution in [-0.2, 0) is 24.0 Å². The summed E-state index contributed by atoms with van der Waals surface area (Å²) in [6.45, 7) is -1.38. The van der Waals surface area contributed by atoms with Gasteiger partial charge in [0.15, 0.2) is 0 Å². The molecular weight excluding hydrogens is 404 g/mol. The maximum atomic E-state index is 12.4. The molecule has 0 spiro atoms. The van der Waals surface area contributed by atoms with Gasteiger partial charge in [-0.3, -0.25) is 19.2 Å². The zero-order valence-electron chi connectivity index (χ0n) is 16.4. The van der Waals surface area contributed by atoms with Gasteiger partial charge < -0.3 is 48.5 Å². The number of amides is 4. The third-order valence-corrected chi connectivity index (χ3v) is 3.95. The third kappa shape index (κ3) is 10.1. The van der Waals surface area contributed by atoms with Gasteiger partial charge in [-0.1, -0.05) is 0 Å². The minimum absolute atomic E-state index is 0.0832. The summed E-state index contributed by atoms with van der Waals surface area (Å²) >= 11 is 0. The summed E-state index contributed by atoms with van der Waals surface area (Å²) in [6.07, 6.45) is 0.531. The molecule has 0 aliphatic carbocycles. The molecule has 0 saturated carbocycles. The van der Waals surface area contributed by atoms with E-state index in [1.807, 2.05) is 0 Å². The fourth-order valence-electron chi connectivity index (χ4n) is 2.27. The van der Waals surface area contributed by atoms with Crippen LogP contribution < -0.4 is 33.2 Å². The molecule has 0 rings (SSSR count). The fourth-order valence-corrected chi connectivity index (χ4v) is 2.27. The highest BCUT2D eigenvalue weighted by molar-refractivity contribution is 5.95. The van der Waals surface area contributed by atoms with E-state index in [9.17, 15) is 29.1 Å². The third-order valence-electron chi connectivity index (χ3n) is 3.95. The highest BCUT2D eigenvalue weighted by Crippen LogP contribution is 2.03. The quantitative estimate of drug-likeness (QED) is 0.111. The van der Waals surface area contributed by atoms with Gasteiger partial charge in [0.1, 0.15) is 18.1 Å². The second-order valence-electron chi connectivity index (χ2n) is 6.45. The van der Waals surface area contributed by atoms with Crippen molar-refractivity contribution in [1.29, 1.82) is 0 Å². The van der Waals surface area contributed by atoms with Gasteiger partial charge >= 0.3 is 5.97 Å². The molecule has 0 bridgehead atoms. The number of carboxylic acids is 1. The molecule has 4 unspecified atom stereocenters. The molecular formula is C16H30N6O8. The number of aliphatic hydroxyl groups is 2. The molecule has 0 aliphatic heterocycles. The molecule has 172 valence electrons. The summed E-state index contributed by atoms with van der Waals surface area (Å²) in [7, 11) is 0. The number of unbranched alkanes of at least 4 members (excludes halogenated alkanes) is 1. The number of carbonyl (C=O) groups excluding carboxylic acids is 4. The summed E-state index contributed by atoms with van der Waals surface area (Å²) in [6, 6.07) is -5.63. The van der Waals surface area contributed by atoms with Gasteiger partial charge in [-0.05, 0) is 25.8 Å². The van der Waals surface area contributed by atoms with Crippen LogP contribution in [0.15, 0.2) is 0 Å². The average Bonchev–Trinajstić information content (AvgIpc) is 2.68. The molecule has 14 nitrogen and oxygen atoms in total. The Kier molecular flexibility index (Phi) is 12.9. The Morgan fingerprint density at radius 2 is 1.30 bits per heavy atom. The number of aliphatic carboxylic acids is 1. The Morgan fingerprint density at radius 1 is 0.800 bits per heavy atom. The molecule has 0 aromatic carbocycles. The van der Waals surface area contributed by atoms with Gasteiger partial charge in [-0.25, -0.2) is 4.79 Å². The number of hydrogen-bond acceptors (Lipinski definition) is 9. The lowest BCUT2D eigenvalue weighted by Crippen LogP contribution is -2.58. The van der Waals surface area contributed by atoms with Gasteiger partial charge in [0.05, 0.1) is 25.7 Å². The SMILES string of the molecule is NCCCCC(NC(=O)C(CO)NC(=O)C(N)CC(N)=O)C(=O)NC(CO)C(=O)O. The van der Waals surface area contributed by atoms with Crippen LogP contribution in [0, 0.1) is 0 Å². The van der Waals surface area contributed by atoms with Crippen LogP contribution in [0.4, 0.5) is 0 Å². The van der Waals surface area contributed by atoms with Crippen LogP contribution in [0.25, 0.3) is 0 Å². The Bertz CT molecular complexity index is 617. The van der Waals surface area contributed by atoms with E-state index in [1.165, 1.54) is 0 Å². The van der Waals surface area contributed by atoms with E-state index in [0.29, 0.717) is 19.4 Å². The Hall–Kier alpha value is -2.81. The van der Waals surface area contributed by atoms with E-state index in [-0.39, 0.29) is 6.42 Å². The van der Waals surface area contributed by atoms with Crippen LogP contribution >= 0.6 is 0 Å². The zero-order chi connectivity index (χ0) is 23.3. The summed E-state index contributed by atoms with van der Waals surface area (Å²) in [4.78, 5) is 58.5. The van der Waals surface area contributed by atoms with Gasteiger partial charge in [-0.15, -0.1) is 0 Å². The molecule has 0 heterocycles. The van der Waals surface area contributed by atoms with Crippen LogP contribution in [0.2, 0.25) is 0 Å². The number of carboxylic acid groups (broad SMARTS) is 1. The first-order valence-corrected chi connectivity index (χ1v) is 9.16. The van der Waals surface area contributed by atoms with E-state index in [2.05, 4.69) is 16.0 Å². The Balaban J connectivity index is 5.16. The first-order chi connectivity index (χ1) is 14.1. The molecule has 0 aromatic heterocycles. The van der Waals surface area contributed by atoms with Crippen molar-refractivity contribution in [3.05, 3.63) is 0 Å². The van der Waals surface area contributed by atoms with Crippen molar-refractivity contribution < 1.29 is 39.3 Å². The van der Waals surface area contributed by atoms with Crippen LogP contribution in [-0.4, -0.2) is 88.8 Å². The van der Waals surface area contributed by atoms with Crippen molar-refractivity contribution >= 4 is 29.6 Å². The summed E-state index contributed by atoms with van der Waals surface area (Å²) in [5.41, 5.74) is 15.8. The molecule has 0 saturated heterocycles. The van der Waals surface area contributed by atoms with Gasteiger partial charge in [0.25, 0.3) is 0 Å². The predicted molar refractivity (Wildman–Crippen MR) is 102 cm³/mol. The van der Waals surface area contributed by atoms with E-state index in [1.54, 1.807) is 0 Å². The number of hydrogen-bond donors (Lipinski definition) is 9. The second-order valence-corrected chi connectivity index (χ2v) is 6.45. The maximum Gasteiger partial charge on any atom is 0.328 e. The van der Waals surface area contributed by atoms with Crippen molar-refractivity contribution in [2.45, 2.75) is 49.9 Å². The zero-order valence-corrected chi connectivity index (χ0v) is 16.4. The van der Waals surface area contributed by atoms with E-state index in [4.69, 9.17) is 27.4 Å². The van der Waals surface area contributed by atoms with E-state index in [0.717, 1.165) is 0 Å². The van der Waals surface area contributed by atoms with E-state index < -0.39 is 73.4 Å². The van der Waals surface area contributed by atoms with Crippen molar-refractivity contribution in [3.63, 3.8) is 0 Å². The molecule has 0 fully saturated rings. The number of carbonyl (C=O) groups is 5. The number of aliphatic hydroxyl groups excluding tert-OH is 2. The molecule has 12 N–H and O–H groups in total. The van der Waals surface area contributed by atoms with Crippen LogP contribution in [0.5, 0.6) is 0 Å². The summed E-state index contributed by atoms with van der Waals surface area (Å²) < 4.78 is 0. The lowest BCUT2D eigenvalue weighted by molar-refractivity contribution is -0.143. The second kappa shape index (κ2) is 14.2. The van der Waals surface area contributed by atoms with Gasteiger partial charge in [-0.2, -0.15) is 0 Å². The maximum absolute atomic E-state index is 12.4. The normalized spacial score (nSPS) is 14.7. The minimum Gasteiger partial charge on any atom is -0.480 e. The lowest BCUT2D eigenvalue weighted by atomic mass is 10.1. The fraction of sp³-hybridized carbons (Fsp3) is 0.688. The topological polar surface area (TPSA) is 260 Å². The predicted octanol–water partition coefficient (Wildman–Crippen LogP) is -5.16. The Labute approximate surface area is 172 Å². The van der Waals surface area contributed by atoms with Gasteiger partial charge in [0, 0.05) is 0 Å². The number of nitrogens with one attached hydrogen (secondary N) is 3. The highest BCUT2D eigenvalue weighted by atomic mass is 16.4. The summed E-state index contributed by atoms with van der Waals surface area (Å²) in [5, 5.41) is 33.9. The van der Waals surface area contributed by atoms with Crippen LogP contribution in [0.1, 0.15) is 25.7 Å². The monoisotopic (exact) mass is 434 g/mol. The molecule has 4 amide bonds. The highest BCUT2D eigenvalue weighted by Gasteiger charge is 2.29. The molecule has 0 aromatic rings. The summed E-state index contributed by atoms with van der Waals surface area (Å²) in [5.74, 6) is -5.05. The van der Waals surface area contributed by atoms with Gasteiger partial charge in [0.2, 0.25) is 23.6 Å². The van der Waals surface area contributed by atoms with Crippen LogP contribution in [0.3, 0.4) is 0 Å². The number of rotatable bonds is 15. The number of nitrogens with two attached hydrogens (primary N) is 3. The van der Waals surface area contributed by atoms with Crippen molar-refractivity contribution in [1.82, 2.24) is 16.0 Å². The molecule has 0 radical (unpaired) electrons. The van der Waals surface area contributed by atoms with Crippen molar-refractivity contribution in [2.24, 2.45) is 17.2 Å². The standard InChI is InChI=1S/C16H30N6O8/c17-4-2-1-3-9(14(27)22-11(7-24)16(29)30)20-15(28)10(6-23)21-13(26)8(18)5-12(19)25/h8-11,23-24H,1-7,17-18H2,(H2,19,25)(H,20,28)(H,21,26)(H,22,27)(H,29,30). The first kappa shape index (κ1) is 27.2.